The van der Waals surface area contributed by atoms with Gasteiger partial charge in [0.25, 0.3) is 0 Å². The largest absolute Gasteiger partial charge is 1.00 e. The minimum Gasteiger partial charge on any atom is -0.222 e. The van der Waals surface area contributed by atoms with Crippen LogP contribution in [0, 0.1) is 23.6 Å². The molecule has 4 nitrogen and oxygen atoms in total. The second-order valence-corrected chi connectivity index (χ2v) is 12.8. The van der Waals surface area contributed by atoms with E-state index in [1.54, 1.807) is 0 Å². The molecule has 2 aromatic rings. The Hall–Kier alpha value is 1.18. The first kappa shape index (κ1) is 35.3. The van der Waals surface area contributed by atoms with E-state index in [4.69, 9.17) is 18.6 Å². The molecule has 0 bridgehead atoms. The van der Waals surface area contributed by atoms with Crippen LogP contribution in [0.5, 0.6) is 0 Å². The van der Waals surface area contributed by atoms with Gasteiger partial charge in [0, 0.05) is 10.6 Å². The second kappa shape index (κ2) is 20.4. The Balaban J connectivity index is 0. The van der Waals surface area contributed by atoms with E-state index in [2.05, 4.69) is 61.1 Å². The van der Waals surface area contributed by atoms with E-state index in [0.29, 0.717) is 0 Å². The van der Waals surface area contributed by atoms with Crippen LogP contribution >= 0.6 is 30.8 Å². The van der Waals surface area contributed by atoms with Gasteiger partial charge in [-0.05, 0) is 73.0 Å². The average molecular weight is 883 g/mol. The van der Waals surface area contributed by atoms with E-state index >= 15 is 0 Å². The fourth-order valence-corrected chi connectivity index (χ4v) is 6.42. The molecule has 2 aliphatic rings. The molecule has 0 radical (unpaired) electrons. The summed E-state index contributed by atoms with van der Waals surface area (Å²) in [6.45, 7) is 8.62. The van der Waals surface area contributed by atoms with Crippen molar-refractivity contribution in [3.05, 3.63) is 74.0 Å². The van der Waals surface area contributed by atoms with Crippen LogP contribution < -0.4 is 29.2 Å². The number of rotatable bonds is 2. The molecule has 188 valence electrons. The molecule has 2 heterocycles. The van der Waals surface area contributed by atoms with Gasteiger partial charge in [0.1, 0.15) is 0 Å². The minimum absolute atomic E-state index is 0. The summed E-state index contributed by atoms with van der Waals surface area (Å²) in [6.07, 6.45) is 5.85. The topological polar surface area (TPSA) is 92.2 Å². The van der Waals surface area contributed by atoms with E-state index in [-0.39, 0.29) is 44.8 Å². The molecule has 2 fully saturated rings. The third kappa shape index (κ3) is 18.5. The van der Waals surface area contributed by atoms with E-state index in [1.807, 2.05) is 36.4 Å². The number of halogens is 1. The van der Waals surface area contributed by atoms with Gasteiger partial charge in [-0.1, -0.05) is 36.4 Å². The van der Waals surface area contributed by atoms with Gasteiger partial charge < -0.3 is 0 Å². The van der Waals surface area contributed by atoms with Crippen molar-refractivity contribution in [2.75, 3.05) is 23.0 Å². The summed E-state index contributed by atoms with van der Waals surface area (Å²) in [7, 11) is -6.59. The smallest absolute Gasteiger partial charge is 0.222 e. The molecule has 2 aromatic carbocycles. The standard InChI is InChI=1S/C14H14P.2C4H8S.2Au.ClHO4/c1-15(2,13-9-5-3-6-10-13)14-11-7-4-8-12-14;2*1-2-4-5-3-1;;;2-1(3,4)5/h3-12H,1-2H2;2*1-4H2;;;(H,2,3,4,5)/q-1;;;2*+1;/p-1. The van der Waals surface area contributed by atoms with Gasteiger partial charge in [0.05, 0.1) is 0 Å². The van der Waals surface area contributed by atoms with Crippen LogP contribution in [-0.4, -0.2) is 23.0 Å². The van der Waals surface area contributed by atoms with Crippen LogP contribution in [-0.2, 0) is 44.8 Å². The van der Waals surface area contributed by atoms with Crippen molar-refractivity contribution >= 4 is 41.4 Å². The molecular formula is C22H30Au2ClO4PS2. The van der Waals surface area contributed by atoms with E-state index in [9.17, 15) is 0 Å². The van der Waals surface area contributed by atoms with Crippen molar-refractivity contribution < 1.29 is 73.6 Å². The molecule has 0 spiro atoms. The van der Waals surface area contributed by atoms with Gasteiger partial charge >= 0.3 is 44.8 Å². The first-order valence-electron chi connectivity index (χ1n) is 9.67. The third-order valence-corrected chi connectivity index (χ3v) is 9.04. The predicted molar refractivity (Wildman–Crippen MR) is 123 cm³/mol. The van der Waals surface area contributed by atoms with Crippen LogP contribution in [0.1, 0.15) is 25.7 Å². The Morgan fingerprint density at radius 3 is 1.03 bits per heavy atom. The minimum atomic E-state index is -4.94. The average Bonchev–Trinajstić information content (AvgIpc) is 3.47. The summed E-state index contributed by atoms with van der Waals surface area (Å²) in [5.41, 5.74) is 0. The fraction of sp³-hybridized carbons (Fsp3) is 0.364. The maximum absolute atomic E-state index is 8.49. The van der Waals surface area contributed by atoms with Crippen LogP contribution in [0.25, 0.3) is 0 Å². The zero-order valence-electron chi connectivity index (χ0n) is 17.7. The van der Waals surface area contributed by atoms with Crippen molar-refractivity contribution in [1.29, 1.82) is 0 Å². The van der Waals surface area contributed by atoms with E-state index in [0.717, 1.165) is 0 Å². The number of hydrogen-bond acceptors (Lipinski definition) is 6. The first-order chi connectivity index (χ1) is 14.2. The molecule has 0 saturated carbocycles. The maximum atomic E-state index is 8.49. The molecule has 2 aliphatic heterocycles. The molecule has 0 unspecified atom stereocenters. The van der Waals surface area contributed by atoms with Gasteiger partial charge in [-0.2, -0.15) is 44.1 Å². The van der Waals surface area contributed by atoms with Gasteiger partial charge in [-0.3, -0.25) is 0 Å². The summed E-state index contributed by atoms with van der Waals surface area (Å²) in [6, 6.07) is 20.7. The normalized spacial score (nSPS) is 14.7. The van der Waals surface area contributed by atoms with E-state index < -0.39 is 17.5 Å². The molecule has 4 rings (SSSR count). The summed E-state index contributed by atoms with van der Waals surface area (Å²) >= 11 is 4.15. The molecule has 10 heteroatoms. The monoisotopic (exact) mass is 882 g/mol. The second-order valence-electron chi connectivity index (χ2n) is 6.66. The van der Waals surface area contributed by atoms with Gasteiger partial charge in [-0.15, -0.1) is 10.2 Å². The van der Waals surface area contributed by atoms with Crippen LogP contribution in [0.15, 0.2) is 60.7 Å². The number of hydrogen-bond donors (Lipinski definition) is 0. The Morgan fingerprint density at radius 1 is 0.594 bits per heavy atom. The summed E-state index contributed by atoms with van der Waals surface area (Å²) in [5.74, 6) is 5.67. The van der Waals surface area contributed by atoms with Crippen molar-refractivity contribution in [3.8, 4) is 0 Å². The summed E-state index contributed by atoms with van der Waals surface area (Å²) in [4.78, 5) is 0. The summed E-state index contributed by atoms with van der Waals surface area (Å²) < 4.78 is 34.0. The quantitative estimate of drug-likeness (QED) is 0.259. The molecule has 32 heavy (non-hydrogen) atoms. The Bertz CT molecular complexity index is 600. The molecule has 0 N–H and O–H groups in total. The van der Waals surface area contributed by atoms with Crippen molar-refractivity contribution in [2.24, 2.45) is 0 Å². The molecular weight excluding hydrogens is 853 g/mol. The van der Waals surface area contributed by atoms with Gasteiger partial charge in [0.15, 0.2) is 0 Å². The number of thioether (sulfide) groups is 2. The van der Waals surface area contributed by atoms with Crippen LogP contribution in [0.4, 0.5) is 0 Å². The molecule has 0 aliphatic carbocycles. The van der Waals surface area contributed by atoms with E-state index in [1.165, 1.54) is 59.3 Å². The van der Waals surface area contributed by atoms with Crippen molar-refractivity contribution in [3.63, 3.8) is 0 Å². The first-order valence-corrected chi connectivity index (χ1v) is 15.4. The van der Waals surface area contributed by atoms with Gasteiger partial charge in [-0.25, -0.2) is 18.6 Å². The Morgan fingerprint density at radius 2 is 0.844 bits per heavy atom. The maximum Gasteiger partial charge on any atom is 1.00 e. The van der Waals surface area contributed by atoms with Crippen LogP contribution in [0.3, 0.4) is 0 Å². The SMILES string of the molecule is C1CCSC1.C1CCSC1.[Au+].[Au+].[CH2-][P+]([CH2-])(c1ccccc1)c1ccccc1.[O-][Cl+3]([O-])([O-])[O-]. The molecule has 0 aromatic heterocycles. The zero-order chi connectivity index (χ0) is 22.3. The van der Waals surface area contributed by atoms with Crippen molar-refractivity contribution in [2.45, 2.75) is 25.7 Å². The third-order valence-electron chi connectivity index (χ3n) is 4.16. The Labute approximate surface area is 235 Å². The Kier molecular flexibility index (Phi) is 22.5. The molecule has 0 atom stereocenters. The van der Waals surface area contributed by atoms with Crippen LogP contribution in [0.2, 0.25) is 0 Å². The van der Waals surface area contributed by atoms with Crippen molar-refractivity contribution in [1.82, 2.24) is 0 Å². The summed E-state index contributed by atoms with van der Waals surface area (Å²) in [5, 5.41) is 2.49. The van der Waals surface area contributed by atoms with Gasteiger partial charge in [0.2, 0.25) is 0 Å². The number of benzene rings is 2. The molecule has 2 saturated heterocycles. The predicted octanol–water partition coefficient (Wildman–Crippen LogP) is 1.50. The fourth-order valence-electron chi connectivity index (χ4n) is 2.60. The molecule has 0 amide bonds. The zero-order valence-corrected chi connectivity index (χ0v) is 25.3.